The van der Waals surface area contributed by atoms with Gasteiger partial charge in [-0.1, -0.05) is 12.1 Å². The number of primary amides is 1. The number of H-pyrrole nitrogens is 1. The van der Waals surface area contributed by atoms with Crippen molar-refractivity contribution in [1.29, 1.82) is 0 Å². The summed E-state index contributed by atoms with van der Waals surface area (Å²) < 4.78 is 5.27. The molecule has 0 spiro atoms. The van der Waals surface area contributed by atoms with Crippen LogP contribution in [0.5, 0.6) is 5.75 Å². The van der Waals surface area contributed by atoms with Crippen molar-refractivity contribution >= 4 is 11.6 Å². The molecular weight excluding hydrogens is 256 g/mol. The predicted octanol–water partition coefficient (Wildman–Crippen LogP) is 1.67. The molecule has 1 unspecified atom stereocenters. The van der Waals surface area contributed by atoms with Crippen LogP contribution in [0, 0.1) is 13.8 Å². The van der Waals surface area contributed by atoms with E-state index in [0.29, 0.717) is 11.4 Å². The Balaban J connectivity index is 2.39. The summed E-state index contributed by atoms with van der Waals surface area (Å²) in [4.78, 5) is 11.8. The lowest BCUT2D eigenvalue weighted by atomic mass is 10.0. The highest BCUT2D eigenvalue weighted by molar-refractivity contribution is 5.85. The number of amides is 1. The standard InChI is InChI=1S/C14H18N4O2/c1-8-12(9(2)18-17-8)13(14(15)19)16-10-6-4-5-7-11(10)20-3/h4-7,13,16H,1-3H3,(H2,15,19)(H,17,18). The fraction of sp³-hybridized carbons (Fsp3) is 0.286. The van der Waals surface area contributed by atoms with E-state index >= 15 is 0 Å². The molecular formula is C14H18N4O2. The molecule has 0 bridgehead atoms. The van der Waals surface area contributed by atoms with E-state index in [-0.39, 0.29) is 0 Å². The first-order valence-corrected chi connectivity index (χ1v) is 6.25. The zero-order chi connectivity index (χ0) is 14.7. The quantitative estimate of drug-likeness (QED) is 0.773. The monoisotopic (exact) mass is 274 g/mol. The summed E-state index contributed by atoms with van der Waals surface area (Å²) in [5.74, 6) is 0.182. The normalized spacial score (nSPS) is 11.9. The van der Waals surface area contributed by atoms with Gasteiger partial charge in [-0.05, 0) is 26.0 Å². The number of anilines is 1. The van der Waals surface area contributed by atoms with Crippen LogP contribution in [-0.2, 0) is 4.79 Å². The van der Waals surface area contributed by atoms with Crippen LogP contribution in [-0.4, -0.2) is 23.2 Å². The van der Waals surface area contributed by atoms with Gasteiger partial charge in [0.2, 0.25) is 5.91 Å². The van der Waals surface area contributed by atoms with Crippen molar-refractivity contribution in [3.63, 3.8) is 0 Å². The number of hydrogen-bond acceptors (Lipinski definition) is 4. The summed E-state index contributed by atoms with van der Waals surface area (Å²) in [6, 6.07) is 6.70. The molecule has 106 valence electrons. The molecule has 2 aromatic rings. The number of nitrogens with one attached hydrogen (secondary N) is 2. The fourth-order valence-corrected chi connectivity index (χ4v) is 2.19. The van der Waals surface area contributed by atoms with Crippen LogP contribution >= 0.6 is 0 Å². The average molecular weight is 274 g/mol. The molecule has 0 aliphatic heterocycles. The zero-order valence-corrected chi connectivity index (χ0v) is 11.7. The van der Waals surface area contributed by atoms with Gasteiger partial charge in [0.1, 0.15) is 11.8 Å². The van der Waals surface area contributed by atoms with Crippen LogP contribution in [0.1, 0.15) is 23.0 Å². The Bertz CT molecular complexity index is 602. The molecule has 0 aliphatic rings. The largest absolute Gasteiger partial charge is 0.495 e. The summed E-state index contributed by atoms with van der Waals surface area (Å²) in [7, 11) is 1.58. The van der Waals surface area contributed by atoms with E-state index in [2.05, 4.69) is 15.5 Å². The van der Waals surface area contributed by atoms with Crippen molar-refractivity contribution < 1.29 is 9.53 Å². The molecule has 20 heavy (non-hydrogen) atoms. The Labute approximate surface area is 117 Å². The van der Waals surface area contributed by atoms with Crippen LogP contribution in [0.2, 0.25) is 0 Å². The van der Waals surface area contributed by atoms with Crippen molar-refractivity contribution in [1.82, 2.24) is 10.2 Å². The first-order valence-electron chi connectivity index (χ1n) is 6.25. The van der Waals surface area contributed by atoms with Crippen molar-refractivity contribution in [3.05, 3.63) is 41.2 Å². The molecule has 6 heteroatoms. The third-order valence-corrected chi connectivity index (χ3v) is 3.17. The number of carbonyl (C=O) groups excluding carboxylic acids is 1. The highest BCUT2D eigenvalue weighted by Gasteiger charge is 2.24. The summed E-state index contributed by atoms with van der Waals surface area (Å²) in [5, 5.41) is 10.1. The predicted molar refractivity (Wildman–Crippen MR) is 76.6 cm³/mol. The number of methoxy groups -OCH3 is 1. The first kappa shape index (κ1) is 13.9. The molecule has 0 radical (unpaired) electrons. The summed E-state index contributed by atoms with van der Waals surface area (Å²) in [6.45, 7) is 3.69. The van der Waals surface area contributed by atoms with Gasteiger partial charge in [0.15, 0.2) is 0 Å². The Hall–Kier alpha value is -2.50. The second-order valence-corrected chi connectivity index (χ2v) is 4.53. The number of hydrogen-bond donors (Lipinski definition) is 3. The molecule has 0 saturated carbocycles. The van der Waals surface area contributed by atoms with Crippen LogP contribution in [0.3, 0.4) is 0 Å². The molecule has 1 amide bonds. The highest BCUT2D eigenvalue weighted by Crippen LogP contribution is 2.29. The summed E-state index contributed by atoms with van der Waals surface area (Å²) in [6.07, 6.45) is 0. The summed E-state index contributed by atoms with van der Waals surface area (Å²) in [5.41, 5.74) is 8.55. The second-order valence-electron chi connectivity index (χ2n) is 4.53. The van der Waals surface area contributed by atoms with Crippen molar-refractivity contribution in [3.8, 4) is 5.75 Å². The van der Waals surface area contributed by atoms with E-state index in [1.807, 2.05) is 38.1 Å². The lowest BCUT2D eigenvalue weighted by molar-refractivity contribution is -0.118. The Morgan fingerprint density at radius 2 is 2.10 bits per heavy atom. The molecule has 0 saturated heterocycles. The number of aromatic nitrogens is 2. The number of aromatic amines is 1. The van der Waals surface area contributed by atoms with Crippen molar-refractivity contribution in [2.75, 3.05) is 12.4 Å². The first-order chi connectivity index (χ1) is 9.54. The Morgan fingerprint density at radius 1 is 1.40 bits per heavy atom. The maximum Gasteiger partial charge on any atom is 0.244 e. The SMILES string of the molecule is COc1ccccc1NC(C(N)=O)c1c(C)n[nH]c1C. The minimum absolute atomic E-state index is 0.469. The molecule has 0 fully saturated rings. The van der Waals surface area contributed by atoms with E-state index in [1.165, 1.54) is 0 Å². The van der Waals surface area contributed by atoms with Crippen LogP contribution < -0.4 is 15.8 Å². The molecule has 1 aromatic heterocycles. The number of benzene rings is 1. The van der Waals surface area contributed by atoms with E-state index in [4.69, 9.17) is 10.5 Å². The van der Waals surface area contributed by atoms with Gasteiger partial charge >= 0.3 is 0 Å². The van der Waals surface area contributed by atoms with Gasteiger partial charge in [0, 0.05) is 11.3 Å². The van der Waals surface area contributed by atoms with E-state index in [0.717, 1.165) is 17.0 Å². The number of rotatable bonds is 5. The molecule has 1 heterocycles. The molecule has 4 N–H and O–H groups in total. The minimum Gasteiger partial charge on any atom is -0.495 e. The number of ether oxygens (including phenoxy) is 1. The molecule has 1 aromatic carbocycles. The number of nitrogens with two attached hydrogens (primary N) is 1. The Kier molecular flexibility index (Phi) is 3.93. The minimum atomic E-state index is -0.662. The van der Waals surface area contributed by atoms with Gasteiger partial charge in [-0.15, -0.1) is 0 Å². The topological polar surface area (TPSA) is 93.0 Å². The lowest BCUT2D eigenvalue weighted by Gasteiger charge is -2.19. The van der Waals surface area contributed by atoms with Gasteiger partial charge in [0.05, 0.1) is 18.5 Å². The highest BCUT2D eigenvalue weighted by atomic mass is 16.5. The number of aryl methyl sites for hydroxylation is 2. The van der Waals surface area contributed by atoms with Gasteiger partial charge in [0.25, 0.3) is 0 Å². The van der Waals surface area contributed by atoms with E-state index < -0.39 is 11.9 Å². The zero-order valence-electron chi connectivity index (χ0n) is 11.7. The van der Waals surface area contributed by atoms with Gasteiger partial charge in [-0.2, -0.15) is 5.10 Å². The molecule has 2 rings (SSSR count). The third kappa shape index (κ3) is 2.59. The maximum atomic E-state index is 11.8. The van der Waals surface area contributed by atoms with Gasteiger partial charge in [-0.3, -0.25) is 9.89 Å². The number of nitrogens with zero attached hydrogens (tertiary/aromatic N) is 1. The van der Waals surface area contributed by atoms with Crippen molar-refractivity contribution in [2.24, 2.45) is 5.73 Å². The van der Waals surface area contributed by atoms with E-state index in [9.17, 15) is 4.79 Å². The number of para-hydroxylation sites is 2. The lowest BCUT2D eigenvalue weighted by Crippen LogP contribution is -2.28. The number of carbonyl (C=O) groups is 1. The van der Waals surface area contributed by atoms with Crippen LogP contribution in [0.4, 0.5) is 5.69 Å². The maximum absolute atomic E-state index is 11.8. The second kappa shape index (κ2) is 5.64. The van der Waals surface area contributed by atoms with E-state index in [1.54, 1.807) is 7.11 Å². The van der Waals surface area contributed by atoms with Gasteiger partial charge in [-0.25, -0.2) is 0 Å². The summed E-state index contributed by atoms with van der Waals surface area (Å²) >= 11 is 0. The fourth-order valence-electron chi connectivity index (χ4n) is 2.19. The molecule has 1 atom stereocenters. The smallest absolute Gasteiger partial charge is 0.244 e. The molecule has 0 aliphatic carbocycles. The molecule has 6 nitrogen and oxygen atoms in total. The average Bonchev–Trinajstić information content (AvgIpc) is 2.76. The van der Waals surface area contributed by atoms with Crippen LogP contribution in [0.15, 0.2) is 24.3 Å². The Morgan fingerprint density at radius 3 is 2.65 bits per heavy atom. The van der Waals surface area contributed by atoms with Gasteiger partial charge < -0.3 is 15.8 Å². The third-order valence-electron chi connectivity index (χ3n) is 3.17. The van der Waals surface area contributed by atoms with Crippen molar-refractivity contribution in [2.45, 2.75) is 19.9 Å². The van der Waals surface area contributed by atoms with Crippen LogP contribution in [0.25, 0.3) is 0 Å².